The number of hydrogen-bond donors (Lipinski definition) is 0. The first-order chi connectivity index (χ1) is 8.60. The maximum absolute atomic E-state index is 12.8. The van der Waals surface area contributed by atoms with Gasteiger partial charge in [0.15, 0.2) is 5.75 Å². The van der Waals surface area contributed by atoms with Gasteiger partial charge in [-0.3, -0.25) is 0 Å². The Hall–Kier alpha value is -1.38. The second-order valence-electron chi connectivity index (χ2n) is 3.18. The van der Waals surface area contributed by atoms with Gasteiger partial charge in [-0.1, -0.05) is 0 Å². The van der Waals surface area contributed by atoms with E-state index in [9.17, 15) is 26.3 Å². The van der Waals surface area contributed by atoms with Crippen molar-refractivity contribution in [1.29, 1.82) is 0 Å². The maximum Gasteiger partial charge on any atom is 0.574 e. The van der Waals surface area contributed by atoms with Crippen LogP contribution >= 0.6 is 11.6 Å². The fourth-order valence-electron chi connectivity index (χ4n) is 1.30. The van der Waals surface area contributed by atoms with Crippen LogP contribution in [0, 0.1) is 0 Å². The molecule has 0 unspecified atom stereocenters. The number of halogens is 7. The van der Waals surface area contributed by atoms with Crippen molar-refractivity contribution in [1.82, 2.24) is 4.98 Å². The molecule has 0 aliphatic rings. The predicted octanol–water partition coefficient (Wildman–Crippen LogP) is 3.75. The van der Waals surface area contributed by atoms with Crippen molar-refractivity contribution in [3.8, 4) is 11.6 Å². The van der Waals surface area contributed by atoms with E-state index in [1.54, 1.807) is 0 Å². The Morgan fingerprint density at radius 2 is 1.79 bits per heavy atom. The molecule has 0 spiro atoms. The van der Waals surface area contributed by atoms with E-state index in [2.05, 4.69) is 14.5 Å². The van der Waals surface area contributed by atoms with Gasteiger partial charge in [0.05, 0.1) is 7.11 Å². The summed E-state index contributed by atoms with van der Waals surface area (Å²) in [5.74, 6) is -3.08. The average molecular weight is 310 g/mol. The van der Waals surface area contributed by atoms with E-state index >= 15 is 0 Å². The molecule has 1 heterocycles. The molecule has 0 amide bonds. The van der Waals surface area contributed by atoms with Gasteiger partial charge in [-0.15, -0.1) is 24.8 Å². The molecule has 0 aliphatic carbocycles. The highest BCUT2D eigenvalue weighted by molar-refractivity contribution is 6.17. The quantitative estimate of drug-likeness (QED) is 0.629. The number of aromatic nitrogens is 1. The van der Waals surface area contributed by atoms with Crippen molar-refractivity contribution in [2.24, 2.45) is 0 Å². The highest BCUT2D eigenvalue weighted by Gasteiger charge is 2.41. The lowest BCUT2D eigenvalue weighted by Gasteiger charge is -2.18. The number of rotatable bonds is 3. The topological polar surface area (TPSA) is 31.4 Å². The molecule has 0 radical (unpaired) electrons. The molecule has 0 aliphatic heterocycles. The fourth-order valence-corrected chi connectivity index (χ4v) is 1.50. The largest absolute Gasteiger partial charge is 0.574 e. The monoisotopic (exact) mass is 309 g/mol. The zero-order valence-corrected chi connectivity index (χ0v) is 9.95. The second-order valence-corrected chi connectivity index (χ2v) is 3.44. The summed E-state index contributed by atoms with van der Waals surface area (Å²) in [7, 11) is 0.771. The van der Waals surface area contributed by atoms with Crippen molar-refractivity contribution in [3.05, 3.63) is 17.3 Å². The van der Waals surface area contributed by atoms with Crippen LogP contribution in [0.25, 0.3) is 0 Å². The Morgan fingerprint density at radius 1 is 1.21 bits per heavy atom. The van der Waals surface area contributed by atoms with Gasteiger partial charge in [0, 0.05) is 17.6 Å². The Bertz CT molecular complexity index is 459. The molecular weight excluding hydrogens is 304 g/mol. The molecule has 1 rings (SSSR count). The summed E-state index contributed by atoms with van der Waals surface area (Å²) in [6.45, 7) is 0. The molecule has 0 fully saturated rings. The molecule has 1 aromatic heterocycles. The maximum atomic E-state index is 12.8. The summed E-state index contributed by atoms with van der Waals surface area (Å²) in [6.07, 6.45) is -9.59. The summed E-state index contributed by atoms with van der Waals surface area (Å²) in [6, 6.07) is 0. The minimum absolute atomic E-state index is 0.513. The van der Waals surface area contributed by atoms with Crippen molar-refractivity contribution in [3.63, 3.8) is 0 Å². The van der Waals surface area contributed by atoms with Gasteiger partial charge in [0.2, 0.25) is 0 Å². The van der Waals surface area contributed by atoms with E-state index in [0.29, 0.717) is 6.20 Å². The van der Waals surface area contributed by atoms with Crippen LogP contribution in [0.5, 0.6) is 11.6 Å². The molecular formula is C9H6ClF6NO2. The third-order valence-corrected chi connectivity index (χ3v) is 2.21. The number of nitrogens with zero attached hydrogens (tertiary/aromatic N) is 1. The van der Waals surface area contributed by atoms with E-state index < -0.39 is 41.2 Å². The lowest BCUT2D eigenvalue weighted by Crippen LogP contribution is -2.20. The van der Waals surface area contributed by atoms with Crippen LogP contribution in [-0.2, 0) is 12.1 Å². The SMILES string of the molecule is COc1c(OC(F)(F)F)ncc(CCl)c1C(F)(F)F. The Morgan fingerprint density at radius 3 is 2.16 bits per heavy atom. The van der Waals surface area contributed by atoms with Gasteiger partial charge in [-0.25, -0.2) is 4.98 Å². The third-order valence-electron chi connectivity index (χ3n) is 1.92. The first-order valence-corrected chi connectivity index (χ1v) is 5.08. The number of hydrogen-bond acceptors (Lipinski definition) is 3. The molecule has 0 aromatic carbocycles. The summed E-state index contributed by atoms with van der Waals surface area (Å²) >= 11 is 5.29. The first-order valence-electron chi connectivity index (χ1n) is 4.55. The standard InChI is InChI=1S/C9H6ClF6NO2/c1-18-6-5(8(11,12)13)4(2-10)3-17-7(6)19-9(14,15)16/h3H,2H2,1H3. The molecule has 0 bridgehead atoms. The van der Waals surface area contributed by atoms with Crippen LogP contribution in [0.3, 0.4) is 0 Å². The minimum Gasteiger partial charge on any atom is -0.491 e. The summed E-state index contributed by atoms with van der Waals surface area (Å²) < 4.78 is 82.2. The molecule has 19 heavy (non-hydrogen) atoms. The van der Waals surface area contributed by atoms with Crippen molar-refractivity contribution >= 4 is 11.6 Å². The average Bonchev–Trinajstić information content (AvgIpc) is 2.25. The van der Waals surface area contributed by atoms with Crippen molar-refractivity contribution in [2.75, 3.05) is 7.11 Å². The van der Waals surface area contributed by atoms with Gasteiger partial charge in [-0.05, 0) is 0 Å². The lowest BCUT2D eigenvalue weighted by molar-refractivity contribution is -0.276. The summed E-state index contributed by atoms with van der Waals surface area (Å²) in [4.78, 5) is 3.13. The van der Waals surface area contributed by atoms with Crippen LogP contribution in [0.15, 0.2) is 6.20 Å². The Balaban J connectivity index is 3.45. The lowest BCUT2D eigenvalue weighted by atomic mass is 10.1. The summed E-state index contributed by atoms with van der Waals surface area (Å²) in [5, 5.41) is 0. The highest BCUT2D eigenvalue weighted by Crippen LogP contribution is 2.44. The third kappa shape index (κ3) is 3.79. The van der Waals surface area contributed by atoms with Crippen LogP contribution in [-0.4, -0.2) is 18.5 Å². The van der Waals surface area contributed by atoms with Crippen LogP contribution in [0.1, 0.15) is 11.1 Å². The second kappa shape index (κ2) is 5.32. The van der Waals surface area contributed by atoms with Crippen LogP contribution < -0.4 is 9.47 Å². The minimum atomic E-state index is -5.19. The normalized spacial score (nSPS) is 12.4. The molecule has 108 valence electrons. The predicted molar refractivity (Wildman–Crippen MR) is 52.0 cm³/mol. The van der Waals surface area contributed by atoms with E-state index in [1.807, 2.05) is 0 Å². The van der Waals surface area contributed by atoms with Crippen LogP contribution in [0.4, 0.5) is 26.3 Å². The zero-order chi connectivity index (χ0) is 14.8. The number of pyridine rings is 1. The van der Waals surface area contributed by atoms with E-state index in [0.717, 1.165) is 7.11 Å². The molecule has 10 heteroatoms. The molecule has 0 N–H and O–H groups in total. The first kappa shape index (κ1) is 15.7. The van der Waals surface area contributed by atoms with Gasteiger partial charge in [0.25, 0.3) is 5.88 Å². The van der Waals surface area contributed by atoms with Gasteiger partial charge in [-0.2, -0.15) is 13.2 Å². The van der Waals surface area contributed by atoms with E-state index in [4.69, 9.17) is 11.6 Å². The zero-order valence-electron chi connectivity index (χ0n) is 9.19. The Labute approximate surface area is 108 Å². The van der Waals surface area contributed by atoms with Crippen LogP contribution in [0.2, 0.25) is 0 Å². The Kier molecular flexibility index (Phi) is 4.39. The van der Waals surface area contributed by atoms with Crippen molar-refractivity contribution < 1.29 is 35.8 Å². The number of alkyl halides is 7. The molecule has 0 atom stereocenters. The fraction of sp³-hybridized carbons (Fsp3) is 0.444. The molecule has 1 aromatic rings. The van der Waals surface area contributed by atoms with Gasteiger partial charge >= 0.3 is 12.5 Å². The summed E-state index contributed by atoms with van der Waals surface area (Å²) in [5.41, 5.74) is -1.96. The van der Waals surface area contributed by atoms with E-state index in [-0.39, 0.29) is 0 Å². The highest BCUT2D eigenvalue weighted by atomic mass is 35.5. The number of ether oxygens (including phenoxy) is 2. The smallest absolute Gasteiger partial charge is 0.491 e. The molecule has 0 saturated heterocycles. The van der Waals surface area contributed by atoms with Gasteiger partial charge < -0.3 is 9.47 Å². The van der Waals surface area contributed by atoms with E-state index in [1.165, 1.54) is 0 Å². The molecule has 3 nitrogen and oxygen atoms in total. The van der Waals surface area contributed by atoms with Gasteiger partial charge in [0.1, 0.15) is 5.56 Å². The van der Waals surface area contributed by atoms with Crippen molar-refractivity contribution in [2.45, 2.75) is 18.4 Å². The molecule has 0 saturated carbocycles. The number of methoxy groups -OCH3 is 1.